The fourth-order valence-electron chi connectivity index (χ4n) is 2.75. The maximum absolute atomic E-state index is 14.1. The molecule has 0 aliphatic carbocycles. The fourth-order valence-corrected chi connectivity index (χ4v) is 4.09. The Morgan fingerprint density at radius 3 is 2.85 bits per heavy atom. The summed E-state index contributed by atoms with van der Waals surface area (Å²) >= 11 is 1.29. The number of thioether (sulfide) groups is 1. The van der Waals surface area contributed by atoms with Crippen LogP contribution in [0.5, 0.6) is 0 Å². The molecule has 0 saturated carbocycles. The Kier molecular flexibility index (Phi) is 5.61. The van der Waals surface area contributed by atoms with E-state index in [2.05, 4.69) is 5.32 Å². The SMILES string of the molecule is C[C@H]1S[C@H](c2ccc(F)cc2F)N(CCC(=O)NCc2ccco2)C1=O. The van der Waals surface area contributed by atoms with Gasteiger partial charge >= 0.3 is 0 Å². The molecule has 1 fully saturated rings. The Hall–Kier alpha value is -2.35. The molecule has 5 nitrogen and oxygen atoms in total. The highest BCUT2D eigenvalue weighted by Crippen LogP contribution is 2.43. The van der Waals surface area contributed by atoms with Crippen molar-refractivity contribution in [2.75, 3.05) is 6.54 Å². The lowest BCUT2D eigenvalue weighted by atomic mass is 10.1. The number of benzene rings is 1. The van der Waals surface area contributed by atoms with E-state index in [-0.39, 0.29) is 42.1 Å². The summed E-state index contributed by atoms with van der Waals surface area (Å²) in [5.41, 5.74) is 0.241. The number of amides is 2. The average Bonchev–Trinajstić information content (AvgIpc) is 3.21. The summed E-state index contributed by atoms with van der Waals surface area (Å²) in [6.45, 7) is 2.15. The van der Waals surface area contributed by atoms with Gasteiger partial charge in [0, 0.05) is 24.6 Å². The zero-order chi connectivity index (χ0) is 18.7. The van der Waals surface area contributed by atoms with Gasteiger partial charge in [-0.05, 0) is 25.1 Å². The van der Waals surface area contributed by atoms with Crippen LogP contribution in [0.2, 0.25) is 0 Å². The number of halogens is 2. The summed E-state index contributed by atoms with van der Waals surface area (Å²) in [5, 5.41) is 1.78. The summed E-state index contributed by atoms with van der Waals surface area (Å²) < 4.78 is 32.4. The smallest absolute Gasteiger partial charge is 0.236 e. The van der Waals surface area contributed by atoms with Crippen LogP contribution >= 0.6 is 11.8 Å². The first-order valence-corrected chi connectivity index (χ1v) is 9.10. The summed E-state index contributed by atoms with van der Waals surface area (Å²) in [6, 6.07) is 6.79. The van der Waals surface area contributed by atoms with Crippen molar-refractivity contribution in [2.45, 2.75) is 30.5 Å². The van der Waals surface area contributed by atoms with Crippen molar-refractivity contribution in [3.63, 3.8) is 0 Å². The second kappa shape index (κ2) is 7.90. The Bertz CT molecular complexity index is 798. The van der Waals surface area contributed by atoms with E-state index in [1.165, 1.54) is 35.1 Å². The van der Waals surface area contributed by atoms with Gasteiger partial charge in [-0.1, -0.05) is 6.07 Å². The number of nitrogens with one attached hydrogen (secondary N) is 1. The molecule has 1 aromatic carbocycles. The van der Waals surface area contributed by atoms with Crippen molar-refractivity contribution in [3.05, 3.63) is 59.6 Å². The number of hydrogen-bond donors (Lipinski definition) is 1. The van der Waals surface area contributed by atoms with Gasteiger partial charge in [0.25, 0.3) is 0 Å². The van der Waals surface area contributed by atoms with E-state index < -0.39 is 17.0 Å². The maximum atomic E-state index is 14.1. The highest BCUT2D eigenvalue weighted by atomic mass is 32.2. The molecule has 2 aromatic rings. The third-order valence-corrected chi connectivity index (χ3v) is 5.47. The number of carbonyl (C=O) groups excluding carboxylic acids is 2. The fraction of sp³-hybridized carbons (Fsp3) is 0.333. The predicted molar refractivity (Wildman–Crippen MR) is 93.0 cm³/mol. The molecule has 26 heavy (non-hydrogen) atoms. The minimum absolute atomic E-state index is 0.0824. The molecule has 2 amide bonds. The summed E-state index contributed by atoms with van der Waals surface area (Å²) in [7, 11) is 0. The van der Waals surface area contributed by atoms with Crippen LogP contribution in [0.3, 0.4) is 0 Å². The van der Waals surface area contributed by atoms with Crippen LogP contribution in [0.25, 0.3) is 0 Å². The lowest BCUT2D eigenvalue weighted by molar-refractivity contribution is -0.130. The summed E-state index contributed by atoms with van der Waals surface area (Å²) in [5.74, 6) is -1.14. The first-order chi connectivity index (χ1) is 12.5. The normalized spacial score (nSPS) is 19.8. The Morgan fingerprint density at radius 2 is 2.15 bits per heavy atom. The van der Waals surface area contributed by atoms with Crippen molar-refractivity contribution in [1.29, 1.82) is 0 Å². The lowest BCUT2D eigenvalue weighted by Crippen LogP contribution is -2.34. The van der Waals surface area contributed by atoms with E-state index in [0.29, 0.717) is 5.76 Å². The number of furan rings is 1. The second-order valence-electron chi connectivity index (χ2n) is 5.93. The largest absolute Gasteiger partial charge is 0.467 e. The maximum Gasteiger partial charge on any atom is 0.236 e. The van der Waals surface area contributed by atoms with Crippen molar-refractivity contribution in [3.8, 4) is 0 Å². The van der Waals surface area contributed by atoms with Gasteiger partial charge in [0.2, 0.25) is 11.8 Å². The molecule has 0 unspecified atom stereocenters. The summed E-state index contributed by atoms with van der Waals surface area (Å²) in [4.78, 5) is 25.9. The van der Waals surface area contributed by atoms with E-state index >= 15 is 0 Å². The molecule has 0 bridgehead atoms. The number of rotatable bonds is 6. The molecule has 2 atom stereocenters. The van der Waals surface area contributed by atoms with Crippen LogP contribution in [0.15, 0.2) is 41.0 Å². The van der Waals surface area contributed by atoms with Gasteiger partial charge in [-0.3, -0.25) is 9.59 Å². The van der Waals surface area contributed by atoms with E-state index in [0.717, 1.165) is 6.07 Å². The first kappa shape index (κ1) is 18.4. The Labute approximate surface area is 153 Å². The molecule has 2 heterocycles. The molecule has 8 heteroatoms. The number of carbonyl (C=O) groups is 2. The van der Waals surface area contributed by atoms with Gasteiger partial charge in [-0.25, -0.2) is 8.78 Å². The van der Waals surface area contributed by atoms with E-state index in [1.54, 1.807) is 19.1 Å². The van der Waals surface area contributed by atoms with E-state index in [9.17, 15) is 18.4 Å². The molecular formula is C18H18F2N2O3S. The minimum atomic E-state index is -0.698. The Morgan fingerprint density at radius 1 is 1.35 bits per heavy atom. The summed E-state index contributed by atoms with van der Waals surface area (Å²) in [6.07, 6.45) is 1.60. The minimum Gasteiger partial charge on any atom is -0.467 e. The molecule has 1 aliphatic heterocycles. The number of nitrogens with zero attached hydrogens (tertiary/aromatic N) is 1. The topological polar surface area (TPSA) is 62.6 Å². The van der Waals surface area contributed by atoms with Crippen LogP contribution < -0.4 is 5.32 Å². The van der Waals surface area contributed by atoms with Gasteiger partial charge in [-0.2, -0.15) is 0 Å². The van der Waals surface area contributed by atoms with Crippen molar-refractivity contribution in [2.24, 2.45) is 0 Å². The van der Waals surface area contributed by atoms with Crippen LogP contribution in [0.4, 0.5) is 8.78 Å². The van der Waals surface area contributed by atoms with Crippen LogP contribution in [-0.2, 0) is 16.1 Å². The van der Waals surface area contributed by atoms with Crippen molar-refractivity contribution < 1.29 is 22.8 Å². The molecule has 3 rings (SSSR count). The zero-order valence-electron chi connectivity index (χ0n) is 14.1. The van der Waals surface area contributed by atoms with E-state index in [4.69, 9.17) is 4.42 Å². The van der Waals surface area contributed by atoms with Gasteiger partial charge in [0.15, 0.2) is 0 Å². The molecule has 1 saturated heterocycles. The molecule has 1 N–H and O–H groups in total. The van der Waals surface area contributed by atoms with Gasteiger partial charge in [-0.15, -0.1) is 11.8 Å². The zero-order valence-corrected chi connectivity index (χ0v) is 14.9. The lowest BCUT2D eigenvalue weighted by Gasteiger charge is -2.24. The second-order valence-corrected chi connectivity index (χ2v) is 7.36. The van der Waals surface area contributed by atoms with Crippen LogP contribution in [-0.4, -0.2) is 28.5 Å². The average molecular weight is 380 g/mol. The molecule has 138 valence electrons. The van der Waals surface area contributed by atoms with Crippen LogP contribution in [0, 0.1) is 11.6 Å². The standard InChI is InChI=1S/C18H18F2N2O3S/c1-11-17(24)22(7-6-16(23)21-10-13-3-2-8-25-13)18(26-11)14-5-4-12(19)9-15(14)20/h2-5,8-9,11,18H,6-7,10H2,1H3,(H,21,23)/t11-,18-/m1/s1. The van der Waals surface area contributed by atoms with Crippen molar-refractivity contribution in [1.82, 2.24) is 10.2 Å². The molecule has 0 spiro atoms. The Balaban J connectivity index is 1.64. The van der Waals surface area contributed by atoms with Gasteiger partial charge < -0.3 is 14.6 Å². The molecular weight excluding hydrogens is 362 g/mol. The predicted octanol–water partition coefficient (Wildman–Crippen LogP) is 3.23. The molecule has 1 aromatic heterocycles. The van der Waals surface area contributed by atoms with Crippen molar-refractivity contribution >= 4 is 23.6 Å². The van der Waals surface area contributed by atoms with Gasteiger partial charge in [0.05, 0.1) is 18.1 Å². The molecule has 1 aliphatic rings. The van der Waals surface area contributed by atoms with Crippen LogP contribution in [0.1, 0.15) is 30.0 Å². The van der Waals surface area contributed by atoms with E-state index in [1.807, 2.05) is 0 Å². The third-order valence-electron chi connectivity index (χ3n) is 4.10. The van der Waals surface area contributed by atoms with Gasteiger partial charge in [0.1, 0.15) is 22.8 Å². The monoisotopic (exact) mass is 380 g/mol. The highest BCUT2D eigenvalue weighted by Gasteiger charge is 2.39. The quantitative estimate of drug-likeness (QED) is 0.836. The first-order valence-electron chi connectivity index (χ1n) is 8.15. The highest BCUT2D eigenvalue weighted by molar-refractivity contribution is 8.01. The molecule has 0 radical (unpaired) electrons. The number of hydrogen-bond acceptors (Lipinski definition) is 4. The third kappa shape index (κ3) is 4.07.